The number of sulfonamides is 1. The van der Waals surface area contributed by atoms with Crippen LogP contribution in [0.4, 0.5) is 0 Å². The van der Waals surface area contributed by atoms with E-state index in [9.17, 15) is 13.2 Å². The number of piperazine rings is 1. The highest BCUT2D eigenvalue weighted by molar-refractivity contribution is 7.89. The summed E-state index contributed by atoms with van der Waals surface area (Å²) in [6, 6.07) is 7.19. The standard InChI is InChI=1S/C15H23N3O3S/c1-13-3-5-14(6-4-13)15(19)16-7-12-22(20,21)18-10-8-17(2)9-11-18/h3-6H,7-12H2,1-2H3,(H,16,19). The minimum Gasteiger partial charge on any atom is -0.351 e. The van der Waals surface area contributed by atoms with Crippen molar-refractivity contribution < 1.29 is 13.2 Å². The number of benzene rings is 1. The summed E-state index contributed by atoms with van der Waals surface area (Å²) in [5.74, 6) is -0.303. The third-order valence-corrected chi connectivity index (χ3v) is 5.69. The summed E-state index contributed by atoms with van der Waals surface area (Å²) in [5, 5.41) is 2.67. The van der Waals surface area contributed by atoms with Gasteiger partial charge >= 0.3 is 0 Å². The molecule has 1 heterocycles. The molecule has 0 unspecified atom stereocenters. The Balaban J connectivity index is 1.82. The Morgan fingerprint density at radius 3 is 2.32 bits per heavy atom. The smallest absolute Gasteiger partial charge is 0.251 e. The third-order valence-electron chi connectivity index (χ3n) is 3.81. The summed E-state index contributed by atoms with van der Waals surface area (Å²) >= 11 is 0. The molecule has 122 valence electrons. The number of nitrogens with zero attached hydrogens (tertiary/aromatic N) is 2. The topological polar surface area (TPSA) is 69.7 Å². The molecule has 22 heavy (non-hydrogen) atoms. The zero-order valence-electron chi connectivity index (χ0n) is 13.1. The Bertz CT molecular complexity index is 605. The van der Waals surface area contributed by atoms with Gasteiger partial charge in [-0.05, 0) is 26.1 Å². The highest BCUT2D eigenvalue weighted by atomic mass is 32.2. The lowest BCUT2D eigenvalue weighted by atomic mass is 10.1. The first-order valence-electron chi connectivity index (χ1n) is 7.40. The van der Waals surface area contributed by atoms with Crippen LogP contribution in [0.25, 0.3) is 0 Å². The molecule has 1 aliphatic rings. The molecular formula is C15H23N3O3S. The summed E-state index contributed by atoms with van der Waals surface area (Å²) in [5.41, 5.74) is 1.62. The third kappa shape index (κ3) is 4.53. The van der Waals surface area contributed by atoms with E-state index in [0.29, 0.717) is 18.7 Å². The van der Waals surface area contributed by atoms with Gasteiger partial charge in [-0.3, -0.25) is 4.79 Å². The maximum absolute atomic E-state index is 12.2. The molecule has 0 bridgehead atoms. The van der Waals surface area contributed by atoms with Gasteiger partial charge in [-0.15, -0.1) is 0 Å². The summed E-state index contributed by atoms with van der Waals surface area (Å²) in [4.78, 5) is 14.0. The molecule has 1 aromatic carbocycles. The van der Waals surface area contributed by atoms with Gasteiger partial charge in [0.1, 0.15) is 0 Å². The summed E-state index contributed by atoms with van der Waals surface area (Å²) in [6.45, 7) is 4.60. The number of hydrogen-bond donors (Lipinski definition) is 1. The molecule has 1 N–H and O–H groups in total. The van der Waals surface area contributed by atoms with Gasteiger partial charge < -0.3 is 10.2 Å². The first kappa shape index (κ1) is 16.9. The summed E-state index contributed by atoms with van der Waals surface area (Å²) < 4.78 is 25.9. The van der Waals surface area contributed by atoms with Crippen molar-refractivity contribution >= 4 is 15.9 Å². The number of carbonyl (C=O) groups excluding carboxylic acids is 1. The fraction of sp³-hybridized carbons (Fsp3) is 0.533. The van der Waals surface area contributed by atoms with Gasteiger partial charge in [0.2, 0.25) is 10.0 Å². The van der Waals surface area contributed by atoms with E-state index in [-0.39, 0.29) is 18.2 Å². The lowest BCUT2D eigenvalue weighted by Gasteiger charge is -2.31. The fourth-order valence-corrected chi connectivity index (χ4v) is 3.63. The van der Waals surface area contributed by atoms with Crippen molar-refractivity contribution in [3.8, 4) is 0 Å². The molecular weight excluding hydrogens is 302 g/mol. The van der Waals surface area contributed by atoms with E-state index in [0.717, 1.165) is 18.7 Å². The van der Waals surface area contributed by atoms with Crippen molar-refractivity contribution in [2.45, 2.75) is 6.92 Å². The van der Waals surface area contributed by atoms with Crippen LogP contribution in [0.15, 0.2) is 24.3 Å². The normalized spacial score (nSPS) is 17.4. The Morgan fingerprint density at radius 2 is 1.73 bits per heavy atom. The van der Waals surface area contributed by atoms with Crippen LogP contribution in [0.5, 0.6) is 0 Å². The molecule has 0 aromatic heterocycles. The maximum Gasteiger partial charge on any atom is 0.251 e. The molecule has 7 heteroatoms. The lowest BCUT2D eigenvalue weighted by molar-refractivity contribution is 0.0956. The van der Waals surface area contributed by atoms with E-state index < -0.39 is 10.0 Å². The molecule has 0 radical (unpaired) electrons. The van der Waals surface area contributed by atoms with E-state index in [2.05, 4.69) is 10.2 Å². The Kier molecular flexibility index (Phi) is 5.55. The van der Waals surface area contributed by atoms with E-state index in [1.807, 2.05) is 26.1 Å². The summed E-state index contributed by atoms with van der Waals surface area (Å²) in [6.07, 6.45) is 0. The Hall–Kier alpha value is -1.44. The molecule has 0 aliphatic carbocycles. The van der Waals surface area contributed by atoms with Crippen LogP contribution >= 0.6 is 0 Å². The van der Waals surface area contributed by atoms with Gasteiger partial charge in [0.15, 0.2) is 0 Å². The molecule has 6 nitrogen and oxygen atoms in total. The van der Waals surface area contributed by atoms with Gasteiger partial charge in [0.25, 0.3) is 5.91 Å². The number of rotatable bonds is 5. The van der Waals surface area contributed by atoms with Gasteiger partial charge in [-0.25, -0.2) is 8.42 Å². The second kappa shape index (κ2) is 7.21. The average molecular weight is 325 g/mol. The highest BCUT2D eigenvalue weighted by Gasteiger charge is 2.25. The van der Waals surface area contributed by atoms with E-state index >= 15 is 0 Å². The molecule has 0 spiro atoms. The fourth-order valence-electron chi connectivity index (χ4n) is 2.30. The maximum atomic E-state index is 12.2. The van der Waals surface area contributed by atoms with Crippen LogP contribution < -0.4 is 5.32 Å². The molecule has 2 rings (SSSR count). The van der Waals surface area contributed by atoms with Gasteiger partial charge in [-0.2, -0.15) is 4.31 Å². The quantitative estimate of drug-likeness (QED) is 0.845. The van der Waals surface area contributed by atoms with Crippen molar-refractivity contribution in [3.05, 3.63) is 35.4 Å². The van der Waals surface area contributed by atoms with Crippen molar-refractivity contribution in [1.82, 2.24) is 14.5 Å². The molecule has 1 saturated heterocycles. The molecule has 1 aromatic rings. The van der Waals surface area contributed by atoms with Crippen LogP contribution in [-0.2, 0) is 10.0 Å². The second-order valence-electron chi connectivity index (χ2n) is 5.64. The van der Waals surface area contributed by atoms with Crippen molar-refractivity contribution in [1.29, 1.82) is 0 Å². The first-order valence-corrected chi connectivity index (χ1v) is 9.00. The second-order valence-corrected chi connectivity index (χ2v) is 7.73. The average Bonchev–Trinajstić information content (AvgIpc) is 2.48. The Morgan fingerprint density at radius 1 is 1.14 bits per heavy atom. The number of carbonyl (C=O) groups is 1. The molecule has 1 aliphatic heterocycles. The minimum absolute atomic E-state index is 0.0612. The SMILES string of the molecule is Cc1ccc(C(=O)NCCS(=O)(=O)N2CCN(C)CC2)cc1. The Labute approximate surface area is 132 Å². The molecule has 1 amide bonds. The van der Waals surface area contributed by atoms with Crippen LogP contribution in [0.2, 0.25) is 0 Å². The summed E-state index contributed by atoms with van der Waals surface area (Å²) in [7, 11) is -1.32. The van der Waals surface area contributed by atoms with Crippen LogP contribution in [0.1, 0.15) is 15.9 Å². The first-order chi connectivity index (χ1) is 10.4. The van der Waals surface area contributed by atoms with Crippen LogP contribution in [-0.4, -0.2) is 69.1 Å². The number of aryl methyl sites for hydroxylation is 1. The largest absolute Gasteiger partial charge is 0.351 e. The van der Waals surface area contributed by atoms with E-state index in [1.165, 1.54) is 4.31 Å². The lowest BCUT2D eigenvalue weighted by Crippen LogP contribution is -2.48. The number of hydrogen-bond acceptors (Lipinski definition) is 4. The minimum atomic E-state index is -3.30. The van der Waals surface area contributed by atoms with Crippen molar-refractivity contribution in [2.75, 3.05) is 45.5 Å². The number of likely N-dealkylation sites (N-methyl/N-ethyl adjacent to an activating group) is 1. The van der Waals surface area contributed by atoms with E-state index in [1.54, 1.807) is 12.1 Å². The molecule has 0 atom stereocenters. The zero-order valence-corrected chi connectivity index (χ0v) is 13.9. The number of nitrogens with one attached hydrogen (secondary N) is 1. The van der Waals surface area contributed by atoms with Gasteiger partial charge in [0.05, 0.1) is 5.75 Å². The van der Waals surface area contributed by atoms with Gasteiger partial charge in [0, 0.05) is 38.3 Å². The van der Waals surface area contributed by atoms with Crippen molar-refractivity contribution in [3.63, 3.8) is 0 Å². The molecule has 1 fully saturated rings. The predicted molar refractivity (Wildman–Crippen MR) is 86.4 cm³/mol. The van der Waals surface area contributed by atoms with Gasteiger partial charge in [-0.1, -0.05) is 17.7 Å². The zero-order chi connectivity index (χ0) is 16.2. The van der Waals surface area contributed by atoms with Crippen molar-refractivity contribution in [2.24, 2.45) is 0 Å². The highest BCUT2D eigenvalue weighted by Crippen LogP contribution is 2.07. The predicted octanol–water partition coefficient (Wildman–Crippen LogP) is 0.302. The van der Waals surface area contributed by atoms with E-state index in [4.69, 9.17) is 0 Å². The number of amides is 1. The molecule has 0 saturated carbocycles. The monoisotopic (exact) mass is 325 g/mol. The van der Waals surface area contributed by atoms with Crippen LogP contribution in [0.3, 0.4) is 0 Å². The van der Waals surface area contributed by atoms with Crippen LogP contribution in [0, 0.1) is 6.92 Å².